The number of fused-ring (bicyclic) bond motifs is 1. The van der Waals surface area contributed by atoms with Crippen molar-refractivity contribution in [1.29, 1.82) is 0 Å². The highest BCUT2D eigenvalue weighted by Crippen LogP contribution is 2.36. The molecule has 0 unspecified atom stereocenters. The minimum absolute atomic E-state index is 0.518. The van der Waals surface area contributed by atoms with Gasteiger partial charge in [-0.1, -0.05) is 30.0 Å². The van der Waals surface area contributed by atoms with Gasteiger partial charge in [0.2, 0.25) is 0 Å². The molecule has 5 nitrogen and oxygen atoms in total. The molecule has 0 fully saturated rings. The van der Waals surface area contributed by atoms with Crippen LogP contribution >= 0.6 is 34.4 Å². The van der Waals surface area contributed by atoms with Gasteiger partial charge in [0.05, 0.1) is 5.52 Å². The zero-order valence-corrected chi connectivity index (χ0v) is 16.5. The van der Waals surface area contributed by atoms with Gasteiger partial charge in [-0.05, 0) is 59.0 Å². The van der Waals surface area contributed by atoms with E-state index in [0.29, 0.717) is 16.5 Å². The summed E-state index contributed by atoms with van der Waals surface area (Å²) in [6, 6.07) is 18.1. The molecular weight excluding hydrogens is 457 g/mol. The number of nitrogen functional groups attached to an aromatic ring is 1. The third kappa shape index (κ3) is 3.58. The molecule has 2 aromatic carbocycles. The fraction of sp³-hybridized carbons (Fsp3) is 0. The normalized spacial score (nSPS) is 10.8. The maximum atomic E-state index is 6.32. The first-order chi connectivity index (χ1) is 12.7. The summed E-state index contributed by atoms with van der Waals surface area (Å²) in [5.74, 6) is 0.594. The summed E-state index contributed by atoms with van der Waals surface area (Å²) >= 11 is 3.76. The van der Waals surface area contributed by atoms with Gasteiger partial charge in [0.1, 0.15) is 17.0 Å². The Morgan fingerprint density at radius 1 is 0.923 bits per heavy atom. The number of rotatable bonds is 4. The molecule has 0 saturated carbocycles. The highest BCUT2D eigenvalue weighted by Gasteiger charge is 2.12. The predicted octanol–water partition coefficient (Wildman–Crippen LogP) is 5.11. The highest BCUT2D eigenvalue weighted by atomic mass is 127. The molecule has 0 spiro atoms. The van der Waals surface area contributed by atoms with Crippen LogP contribution in [0.4, 0.5) is 17.2 Å². The monoisotopic (exact) mass is 471 g/mol. The smallest absolute Gasteiger partial charge is 0.158 e. The summed E-state index contributed by atoms with van der Waals surface area (Å²) in [6.07, 6.45) is 3.31. The molecule has 4 rings (SSSR count). The lowest BCUT2D eigenvalue weighted by Crippen LogP contribution is -2.02. The maximum absolute atomic E-state index is 6.32. The van der Waals surface area contributed by atoms with Crippen molar-refractivity contribution < 1.29 is 0 Å². The molecule has 7 heteroatoms. The summed E-state index contributed by atoms with van der Waals surface area (Å²) in [7, 11) is 0. The summed E-state index contributed by atoms with van der Waals surface area (Å²) in [5.41, 5.74) is 8.70. The van der Waals surface area contributed by atoms with E-state index in [2.05, 4.69) is 42.9 Å². The summed E-state index contributed by atoms with van der Waals surface area (Å²) < 4.78 is 1.17. The van der Waals surface area contributed by atoms with Crippen molar-refractivity contribution in [3.05, 3.63) is 70.7 Å². The number of benzene rings is 2. The van der Waals surface area contributed by atoms with E-state index in [9.17, 15) is 0 Å². The van der Waals surface area contributed by atoms with Gasteiger partial charge < -0.3 is 11.1 Å². The molecule has 0 aliphatic heterocycles. The van der Waals surface area contributed by atoms with E-state index in [0.717, 1.165) is 21.5 Å². The largest absolute Gasteiger partial charge is 0.394 e. The molecule has 26 heavy (non-hydrogen) atoms. The molecule has 0 atom stereocenters. The van der Waals surface area contributed by atoms with Gasteiger partial charge >= 0.3 is 0 Å². The van der Waals surface area contributed by atoms with Crippen LogP contribution in [0.1, 0.15) is 0 Å². The third-order valence-electron chi connectivity index (χ3n) is 3.76. The van der Waals surface area contributed by atoms with Gasteiger partial charge in [-0.25, -0.2) is 9.97 Å². The Kier molecular flexibility index (Phi) is 4.89. The topological polar surface area (TPSA) is 76.7 Å². The van der Waals surface area contributed by atoms with E-state index in [1.54, 1.807) is 6.20 Å². The molecule has 128 valence electrons. The van der Waals surface area contributed by atoms with E-state index >= 15 is 0 Å². The summed E-state index contributed by atoms with van der Waals surface area (Å²) in [6.45, 7) is 0. The van der Waals surface area contributed by atoms with Crippen molar-refractivity contribution in [2.75, 3.05) is 11.1 Å². The number of nitrogens with zero attached hydrogens (tertiary/aromatic N) is 3. The second kappa shape index (κ2) is 7.46. The van der Waals surface area contributed by atoms with E-state index in [4.69, 9.17) is 5.73 Å². The fourth-order valence-corrected chi connectivity index (χ4v) is 3.78. The molecule has 2 heterocycles. The molecule has 0 saturated heterocycles. The number of halogens is 1. The number of pyridine rings is 1. The van der Waals surface area contributed by atoms with Crippen molar-refractivity contribution in [2.45, 2.75) is 9.92 Å². The maximum Gasteiger partial charge on any atom is 0.158 e. The molecule has 0 aliphatic carbocycles. The van der Waals surface area contributed by atoms with Gasteiger partial charge in [-0.15, -0.1) is 0 Å². The Bertz CT molecular complexity index is 1060. The molecular formula is C19H14IN5S. The van der Waals surface area contributed by atoms with Crippen molar-refractivity contribution >= 4 is 62.4 Å². The number of hydrogen-bond donors (Lipinski definition) is 2. The number of aromatic nitrogens is 3. The first-order valence-electron chi connectivity index (χ1n) is 7.85. The van der Waals surface area contributed by atoms with Gasteiger partial charge in [0.25, 0.3) is 0 Å². The van der Waals surface area contributed by atoms with Crippen LogP contribution in [0, 0.1) is 3.57 Å². The molecule has 0 radical (unpaired) electrons. The molecule has 3 N–H and O–H groups in total. The highest BCUT2D eigenvalue weighted by molar-refractivity contribution is 14.1. The first kappa shape index (κ1) is 17.0. The molecule has 0 amide bonds. The van der Waals surface area contributed by atoms with E-state index in [1.807, 2.05) is 54.6 Å². The third-order valence-corrected chi connectivity index (χ3v) is 5.54. The number of nitrogens with one attached hydrogen (secondary N) is 1. The van der Waals surface area contributed by atoms with E-state index < -0.39 is 0 Å². The Hall–Kier alpha value is -2.39. The van der Waals surface area contributed by atoms with Gasteiger partial charge in [-0.3, -0.25) is 4.98 Å². The van der Waals surface area contributed by atoms with Gasteiger partial charge in [0.15, 0.2) is 5.82 Å². The fourth-order valence-electron chi connectivity index (χ4n) is 2.49. The minimum atomic E-state index is 0.518. The standard InChI is InChI=1S/C19H14IN5S/c20-13-6-8-14(9-7-13)25-18-16(21)19(24-11-23-18)26-15-5-1-3-12-4-2-10-22-17(12)15/h1-11H,21H2,(H,23,24,25). The van der Waals surface area contributed by atoms with Crippen LogP contribution < -0.4 is 11.1 Å². The summed E-state index contributed by atoms with van der Waals surface area (Å²) in [5, 5.41) is 5.04. The van der Waals surface area contributed by atoms with Crippen LogP contribution in [0.5, 0.6) is 0 Å². The second-order valence-corrected chi connectivity index (χ2v) is 7.78. The molecule has 0 aliphatic rings. The Morgan fingerprint density at radius 3 is 2.58 bits per heavy atom. The van der Waals surface area contributed by atoms with Crippen LogP contribution in [-0.4, -0.2) is 15.0 Å². The van der Waals surface area contributed by atoms with Crippen molar-refractivity contribution in [3.63, 3.8) is 0 Å². The molecule has 0 bridgehead atoms. The van der Waals surface area contributed by atoms with Crippen LogP contribution in [-0.2, 0) is 0 Å². The van der Waals surface area contributed by atoms with Crippen molar-refractivity contribution in [3.8, 4) is 0 Å². The predicted molar refractivity (Wildman–Crippen MR) is 115 cm³/mol. The quantitative estimate of drug-likeness (QED) is 0.319. The van der Waals surface area contributed by atoms with Crippen LogP contribution in [0.2, 0.25) is 0 Å². The number of para-hydroxylation sites is 1. The van der Waals surface area contributed by atoms with Crippen LogP contribution in [0.25, 0.3) is 10.9 Å². The lowest BCUT2D eigenvalue weighted by Gasteiger charge is -2.11. The van der Waals surface area contributed by atoms with Crippen molar-refractivity contribution in [1.82, 2.24) is 15.0 Å². The minimum Gasteiger partial charge on any atom is -0.394 e. The zero-order valence-electron chi connectivity index (χ0n) is 13.6. The number of nitrogens with two attached hydrogens (primary N) is 1. The lowest BCUT2D eigenvalue weighted by molar-refractivity contribution is 1.06. The summed E-state index contributed by atoms with van der Waals surface area (Å²) in [4.78, 5) is 14.1. The number of hydrogen-bond acceptors (Lipinski definition) is 6. The zero-order chi connectivity index (χ0) is 17.9. The van der Waals surface area contributed by atoms with E-state index in [-0.39, 0.29) is 0 Å². The Balaban J connectivity index is 1.66. The average Bonchev–Trinajstić information content (AvgIpc) is 2.67. The Labute approximate surface area is 168 Å². The SMILES string of the molecule is Nc1c(Nc2ccc(I)cc2)ncnc1Sc1cccc2cccnc12. The first-order valence-corrected chi connectivity index (χ1v) is 9.75. The van der Waals surface area contributed by atoms with Gasteiger partial charge in [0, 0.05) is 25.7 Å². The molecule has 4 aromatic rings. The van der Waals surface area contributed by atoms with Gasteiger partial charge in [-0.2, -0.15) is 0 Å². The second-order valence-electron chi connectivity index (χ2n) is 5.51. The van der Waals surface area contributed by atoms with Crippen molar-refractivity contribution in [2.24, 2.45) is 0 Å². The lowest BCUT2D eigenvalue weighted by atomic mass is 10.2. The Morgan fingerprint density at radius 2 is 1.73 bits per heavy atom. The average molecular weight is 471 g/mol. The van der Waals surface area contributed by atoms with Crippen LogP contribution in [0.15, 0.2) is 77.0 Å². The number of anilines is 3. The van der Waals surface area contributed by atoms with Crippen LogP contribution in [0.3, 0.4) is 0 Å². The molecule has 2 aromatic heterocycles. The van der Waals surface area contributed by atoms with E-state index in [1.165, 1.54) is 21.7 Å².